The van der Waals surface area contributed by atoms with E-state index in [0.29, 0.717) is 6.54 Å². The highest BCUT2D eigenvalue weighted by molar-refractivity contribution is 5.83. The molecular weight excluding hydrogens is 240 g/mol. The lowest BCUT2D eigenvalue weighted by atomic mass is 10.2. The van der Waals surface area contributed by atoms with Crippen molar-refractivity contribution in [3.05, 3.63) is 35.8 Å². The Bertz CT molecular complexity index is 619. The van der Waals surface area contributed by atoms with Crippen molar-refractivity contribution in [2.75, 3.05) is 13.6 Å². The molecule has 1 unspecified atom stereocenters. The van der Waals surface area contributed by atoms with Gasteiger partial charge in [0.25, 0.3) is 0 Å². The highest BCUT2D eigenvalue weighted by atomic mass is 16.2. The molecule has 3 rings (SSSR count). The second-order valence-electron chi connectivity index (χ2n) is 5.05. The van der Waals surface area contributed by atoms with Crippen LogP contribution in [0.15, 0.2) is 24.4 Å². The Morgan fingerprint density at radius 3 is 3.05 bits per heavy atom. The van der Waals surface area contributed by atoms with E-state index in [9.17, 15) is 4.79 Å². The molecule has 5 nitrogen and oxygen atoms in total. The van der Waals surface area contributed by atoms with Gasteiger partial charge in [0.15, 0.2) is 0 Å². The third kappa shape index (κ3) is 2.10. The zero-order valence-electron chi connectivity index (χ0n) is 11.3. The number of carbonyl (C=O) groups is 1. The highest BCUT2D eigenvalue weighted by Gasteiger charge is 2.28. The Kier molecular flexibility index (Phi) is 2.98. The molecule has 5 heteroatoms. The van der Waals surface area contributed by atoms with Crippen LogP contribution in [-0.2, 0) is 11.3 Å². The Labute approximate surface area is 112 Å². The van der Waals surface area contributed by atoms with E-state index >= 15 is 0 Å². The molecule has 0 bridgehead atoms. The van der Waals surface area contributed by atoms with Gasteiger partial charge in [0, 0.05) is 26.3 Å². The molecule has 0 aliphatic carbocycles. The average molecular weight is 258 g/mol. The van der Waals surface area contributed by atoms with Crippen LogP contribution in [0.25, 0.3) is 5.65 Å². The van der Waals surface area contributed by atoms with Crippen LogP contribution in [0, 0.1) is 6.92 Å². The van der Waals surface area contributed by atoms with Gasteiger partial charge in [-0.2, -0.15) is 0 Å². The van der Waals surface area contributed by atoms with Crippen LogP contribution in [0.4, 0.5) is 0 Å². The van der Waals surface area contributed by atoms with Crippen molar-refractivity contribution in [1.82, 2.24) is 19.6 Å². The first-order chi connectivity index (χ1) is 9.16. The number of aryl methyl sites for hydroxylation is 1. The normalized spacial score (nSPS) is 19.6. The van der Waals surface area contributed by atoms with Crippen molar-refractivity contribution in [1.29, 1.82) is 0 Å². The third-order valence-electron chi connectivity index (χ3n) is 3.77. The molecule has 1 atom stereocenters. The number of pyridine rings is 1. The minimum absolute atomic E-state index is 0.0568. The quantitative estimate of drug-likeness (QED) is 0.892. The first kappa shape index (κ1) is 12.2. The van der Waals surface area contributed by atoms with Crippen LogP contribution >= 0.6 is 0 Å². The molecule has 0 aromatic carbocycles. The van der Waals surface area contributed by atoms with Crippen LogP contribution < -0.4 is 5.32 Å². The third-order valence-corrected chi connectivity index (χ3v) is 3.77. The molecule has 3 heterocycles. The van der Waals surface area contributed by atoms with E-state index in [1.807, 2.05) is 38.4 Å². The number of likely N-dealkylation sites (N-methyl/N-ethyl adjacent to an activating group) is 1. The largest absolute Gasteiger partial charge is 0.344 e. The molecule has 1 aliphatic rings. The number of hydrogen-bond donors (Lipinski definition) is 1. The fourth-order valence-electron chi connectivity index (χ4n) is 2.61. The van der Waals surface area contributed by atoms with E-state index in [2.05, 4.69) is 14.7 Å². The van der Waals surface area contributed by atoms with Crippen molar-refractivity contribution >= 4 is 11.6 Å². The lowest BCUT2D eigenvalue weighted by Crippen LogP contribution is -2.36. The molecule has 1 fully saturated rings. The summed E-state index contributed by atoms with van der Waals surface area (Å²) in [6.07, 6.45) is 2.89. The Balaban J connectivity index is 1.79. The van der Waals surface area contributed by atoms with Crippen LogP contribution in [0.2, 0.25) is 0 Å². The van der Waals surface area contributed by atoms with E-state index in [1.165, 1.54) is 0 Å². The van der Waals surface area contributed by atoms with Gasteiger partial charge >= 0.3 is 0 Å². The summed E-state index contributed by atoms with van der Waals surface area (Å²) in [4.78, 5) is 18.2. The zero-order chi connectivity index (χ0) is 13.4. The van der Waals surface area contributed by atoms with Crippen molar-refractivity contribution in [2.45, 2.75) is 25.9 Å². The number of amides is 1. The molecule has 19 heavy (non-hydrogen) atoms. The van der Waals surface area contributed by atoms with Crippen molar-refractivity contribution in [3.63, 3.8) is 0 Å². The van der Waals surface area contributed by atoms with Gasteiger partial charge in [-0.15, -0.1) is 0 Å². The first-order valence-corrected chi connectivity index (χ1v) is 6.58. The van der Waals surface area contributed by atoms with E-state index in [0.717, 1.165) is 30.0 Å². The second kappa shape index (κ2) is 4.66. The van der Waals surface area contributed by atoms with Crippen molar-refractivity contribution in [2.24, 2.45) is 0 Å². The summed E-state index contributed by atoms with van der Waals surface area (Å²) in [6.45, 7) is 3.51. The van der Waals surface area contributed by atoms with Gasteiger partial charge in [0.05, 0.1) is 17.4 Å². The summed E-state index contributed by atoms with van der Waals surface area (Å²) in [6, 6.07) is 5.91. The molecule has 0 spiro atoms. The molecule has 1 N–H and O–H groups in total. The molecule has 1 saturated heterocycles. The number of rotatable bonds is 3. The maximum absolute atomic E-state index is 11.9. The summed E-state index contributed by atoms with van der Waals surface area (Å²) < 4.78 is 2.07. The number of aromatic nitrogens is 2. The molecule has 2 aromatic heterocycles. The summed E-state index contributed by atoms with van der Waals surface area (Å²) >= 11 is 0. The molecule has 100 valence electrons. The van der Waals surface area contributed by atoms with Crippen LogP contribution in [-0.4, -0.2) is 39.8 Å². The van der Waals surface area contributed by atoms with Crippen molar-refractivity contribution in [3.8, 4) is 0 Å². The summed E-state index contributed by atoms with van der Waals surface area (Å²) in [5.41, 5.74) is 3.09. The van der Waals surface area contributed by atoms with E-state index in [-0.39, 0.29) is 11.9 Å². The smallest absolute Gasteiger partial charge is 0.239 e. The van der Waals surface area contributed by atoms with Gasteiger partial charge in [0.1, 0.15) is 5.65 Å². The monoisotopic (exact) mass is 258 g/mol. The molecule has 2 aromatic rings. The Morgan fingerprint density at radius 1 is 1.47 bits per heavy atom. The average Bonchev–Trinajstić information content (AvgIpc) is 2.89. The molecule has 1 amide bonds. The van der Waals surface area contributed by atoms with E-state index in [1.54, 1.807) is 4.90 Å². The predicted molar refractivity (Wildman–Crippen MR) is 72.8 cm³/mol. The fourth-order valence-corrected chi connectivity index (χ4v) is 2.61. The fraction of sp³-hybridized carbons (Fsp3) is 0.429. The minimum Gasteiger partial charge on any atom is -0.344 e. The number of nitrogens with zero attached hydrogens (tertiary/aromatic N) is 3. The SMILES string of the molecule is Cc1nc2ccccn2c1CNC1CCN(C)C1=O. The van der Waals surface area contributed by atoms with Crippen LogP contribution in [0.5, 0.6) is 0 Å². The van der Waals surface area contributed by atoms with Gasteiger partial charge in [-0.05, 0) is 25.5 Å². The number of fused-ring (bicyclic) bond motifs is 1. The Hall–Kier alpha value is -1.88. The second-order valence-corrected chi connectivity index (χ2v) is 5.05. The molecule has 0 radical (unpaired) electrons. The lowest BCUT2D eigenvalue weighted by molar-refractivity contribution is -0.128. The maximum Gasteiger partial charge on any atom is 0.239 e. The van der Waals surface area contributed by atoms with Gasteiger partial charge in [-0.3, -0.25) is 4.79 Å². The number of imidazole rings is 1. The van der Waals surface area contributed by atoms with Gasteiger partial charge < -0.3 is 14.6 Å². The number of carbonyl (C=O) groups excluding carboxylic acids is 1. The van der Waals surface area contributed by atoms with Crippen LogP contribution in [0.1, 0.15) is 17.8 Å². The van der Waals surface area contributed by atoms with E-state index < -0.39 is 0 Å². The van der Waals surface area contributed by atoms with Crippen molar-refractivity contribution < 1.29 is 4.79 Å². The lowest BCUT2D eigenvalue weighted by Gasteiger charge is -2.12. The van der Waals surface area contributed by atoms with Gasteiger partial charge in [0.2, 0.25) is 5.91 Å². The minimum atomic E-state index is -0.0568. The zero-order valence-corrected chi connectivity index (χ0v) is 11.3. The van der Waals surface area contributed by atoms with Crippen LogP contribution in [0.3, 0.4) is 0 Å². The standard InChI is InChI=1S/C14H18N4O/c1-10-12(18-7-4-3-5-13(18)16-10)9-15-11-6-8-17(2)14(11)19/h3-5,7,11,15H,6,8-9H2,1-2H3. The topological polar surface area (TPSA) is 49.6 Å². The summed E-state index contributed by atoms with van der Waals surface area (Å²) in [5.74, 6) is 0.187. The van der Waals surface area contributed by atoms with Gasteiger partial charge in [-0.1, -0.05) is 6.07 Å². The number of likely N-dealkylation sites (tertiary alicyclic amines) is 1. The number of hydrogen-bond acceptors (Lipinski definition) is 3. The Morgan fingerprint density at radius 2 is 2.32 bits per heavy atom. The summed E-state index contributed by atoms with van der Waals surface area (Å²) in [5, 5.41) is 3.35. The highest BCUT2D eigenvalue weighted by Crippen LogP contribution is 2.13. The van der Waals surface area contributed by atoms with Gasteiger partial charge in [-0.25, -0.2) is 4.98 Å². The predicted octanol–water partition coefficient (Wildman–Crippen LogP) is 0.963. The van der Waals surface area contributed by atoms with E-state index in [4.69, 9.17) is 0 Å². The molecule has 0 saturated carbocycles. The molecular formula is C14H18N4O. The molecule has 1 aliphatic heterocycles. The summed E-state index contributed by atoms with van der Waals surface area (Å²) in [7, 11) is 1.85. The number of nitrogens with one attached hydrogen (secondary N) is 1. The first-order valence-electron chi connectivity index (χ1n) is 6.58. The maximum atomic E-state index is 11.9.